The van der Waals surface area contributed by atoms with Crippen molar-refractivity contribution >= 4 is 45.2 Å². The van der Waals surface area contributed by atoms with Crippen LogP contribution in [0, 0.1) is 10.1 Å². The van der Waals surface area contributed by atoms with E-state index >= 15 is 0 Å². The average Bonchev–Trinajstić information content (AvgIpc) is 2.79. The van der Waals surface area contributed by atoms with E-state index in [9.17, 15) is 19.7 Å². The van der Waals surface area contributed by atoms with E-state index in [0.717, 1.165) is 0 Å². The van der Waals surface area contributed by atoms with Crippen LogP contribution >= 0.6 is 15.9 Å². The smallest absolute Gasteiger partial charge is 0.272 e. The Balaban J connectivity index is 1.96. The summed E-state index contributed by atoms with van der Waals surface area (Å²) in [5.41, 5.74) is 0.931. The fourth-order valence-electron chi connectivity index (χ4n) is 2.77. The molecule has 0 saturated heterocycles. The number of anilines is 1. The molecule has 0 heterocycles. The number of carbonyl (C=O) groups excluding carboxylic acids is 2. The normalized spacial score (nSPS) is 10.9. The molecule has 32 heavy (non-hydrogen) atoms. The van der Waals surface area contributed by atoms with Gasteiger partial charge in [-0.1, -0.05) is 30.3 Å². The van der Waals surface area contributed by atoms with Crippen molar-refractivity contribution in [3.8, 4) is 5.75 Å². The number of nitro groups is 1. The van der Waals surface area contributed by atoms with Gasteiger partial charge in [-0.05, 0) is 57.9 Å². The Labute approximate surface area is 192 Å². The van der Waals surface area contributed by atoms with Gasteiger partial charge in [-0.3, -0.25) is 19.7 Å². The van der Waals surface area contributed by atoms with Crippen LogP contribution in [-0.4, -0.2) is 23.8 Å². The number of non-ortho nitro benzene ring substituents is 1. The molecule has 0 spiro atoms. The summed E-state index contributed by atoms with van der Waals surface area (Å²) in [4.78, 5) is 36.4. The molecule has 162 valence electrons. The molecule has 9 heteroatoms. The molecule has 3 aromatic rings. The maximum absolute atomic E-state index is 12.9. The lowest BCUT2D eigenvalue weighted by Crippen LogP contribution is -2.31. The number of hydrogen-bond acceptors (Lipinski definition) is 5. The van der Waals surface area contributed by atoms with Crippen LogP contribution in [0.2, 0.25) is 0 Å². The molecule has 0 radical (unpaired) electrons. The van der Waals surface area contributed by atoms with Gasteiger partial charge in [-0.25, -0.2) is 0 Å². The molecule has 2 N–H and O–H groups in total. The van der Waals surface area contributed by atoms with Gasteiger partial charge in [0.25, 0.3) is 17.5 Å². The molecule has 0 aliphatic carbocycles. The average molecular weight is 496 g/mol. The van der Waals surface area contributed by atoms with E-state index < -0.39 is 16.7 Å². The van der Waals surface area contributed by atoms with Gasteiger partial charge in [0, 0.05) is 22.3 Å². The first-order valence-electron chi connectivity index (χ1n) is 9.35. The van der Waals surface area contributed by atoms with Gasteiger partial charge in [-0.2, -0.15) is 0 Å². The Kier molecular flexibility index (Phi) is 7.35. The highest BCUT2D eigenvalue weighted by molar-refractivity contribution is 9.10. The first kappa shape index (κ1) is 22.7. The Hall–Kier alpha value is -3.98. The Bertz CT molecular complexity index is 1200. The van der Waals surface area contributed by atoms with Gasteiger partial charge in [0.2, 0.25) is 0 Å². The number of halogens is 1. The maximum Gasteiger partial charge on any atom is 0.272 e. The van der Waals surface area contributed by atoms with Crippen LogP contribution in [-0.2, 0) is 4.79 Å². The van der Waals surface area contributed by atoms with Gasteiger partial charge in [0.1, 0.15) is 11.4 Å². The first-order valence-corrected chi connectivity index (χ1v) is 10.1. The monoisotopic (exact) mass is 495 g/mol. The van der Waals surface area contributed by atoms with Gasteiger partial charge in [0.05, 0.1) is 17.6 Å². The van der Waals surface area contributed by atoms with E-state index in [4.69, 9.17) is 4.74 Å². The fourth-order valence-corrected chi connectivity index (χ4v) is 3.19. The SMILES string of the molecule is COc1ccc(Br)c(C(=O)NC(=Cc2cccc([N+](=O)[O-])c2)C(=O)Nc2ccccc2)c1. The van der Waals surface area contributed by atoms with Crippen molar-refractivity contribution in [2.45, 2.75) is 0 Å². The number of nitrogens with one attached hydrogen (secondary N) is 2. The standard InChI is InChI=1S/C23H18BrN3O5/c1-32-18-10-11-20(24)19(14-18)22(28)26-21(23(29)25-16-7-3-2-4-8-16)13-15-6-5-9-17(12-15)27(30)31/h2-14H,1H3,(H,25,29)(H,26,28). The fraction of sp³-hybridized carbons (Fsp3) is 0.0435. The van der Waals surface area contributed by atoms with Gasteiger partial charge in [0.15, 0.2) is 0 Å². The zero-order valence-electron chi connectivity index (χ0n) is 16.9. The lowest BCUT2D eigenvalue weighted by atomic mass is 10.1. The number of hydrogen-bond donors (Lipinski definition) is 2. The third kappa shape index (κ3) is 5.79. The van der Waals surface area contributed by atoms with Crippen LogP contribution in [0.1, 0.15) is 15.9 Å². The van der Waals surface area contributed by atoms with Gasteiger partial charge < -0.3 is 15.4 Å². The van der Waals surface area contributed by atoms with Gasteiger partial charge in [-0.15, -0.1) is 0 Å². The van der Waals surface area contributed by atoms with Crippen molar-refractivity contribution in [1.29, 1.82) is 0 Å². The number of benzene rings is 3. The highest BCUT2D eigenvalue weighted by Crippen LogP contribution is 2.23. The minimum absolute atomic E-state index is 0.0888. The number of carbonyl (C=O) groups is 2. The second kappa shape index (κ2) is 10.4. The molecule has 2 amide bonds. The summed E-state index contributed by atoms with van der Waals surface area (Å²) in [5.74, 6) is -0.679. The topological polar surface area (TPSA) is 111 Å². The summed E-state index contributed by atoms with van der Waals surface area (Å²) in [6.45, 7) is 0. The highest BCUT2D eigenvalue weighted by atomic mass is 79.9. The molecule has 0 atom stereocenters. The Morgan fingerprint density at radius 3 is 2.47 bits per heavy atom. The maximum atomic E-state index is 12.9. The summed E-state index contributed by atoms with van der Waals surface area (Å²) in [6.07, 6.45) is 1.37. The third-order valence-corrected chi connectivity index (χ3v) is 5.03. The Morgan fingerprint density at radius 1 is 1.03 bits per heavy atom. The predicted octanol–water partition coefficient (Wildman–Crippen LogP) is 4.78. The molecule has 0 saturated carbocycles. The van der Waals surface area contributed by atoms with Crippen LogP contribution in [0.25, 0.3) is 6.08 Å². The molecule has 0 unspecified atom stereocenters. The lowest BCUT2D eigenvalue weighted by Gasteiger charge is -2.13. The lowest BCUT2D eigenvalue weighted by molar-refractivity contribution is -0.384. The zero-order valence-corrected chi connectivity index (χ0v) is 18.5. The highest BCUT2D eigenvalue weighted by Gasteiger charge is 2.18. The number of ether oxygens (including phenoxy) is 1. The molecule has 3 aromatic carbocycles. The largest absolute Gasteiger partial charge is 0.497 e. The molecular weight excluding hydrogens is 478 g/mol. The number of rotatable bonds is 7. The van der Waals surface area contributed by atoms with E-state index in [2.05, 4.69) is 26.6 Å². The third-order valence-electron chi connectivity index (χ3n) is 4.33. The van der Waals surface area contributed by atoms with Gasteiger partial charge >= 0.3 is 0 Å². The van der Waals surface area contributed by atoms with E-state index in [1.165, 1.54) is 37.5 Å². The number of amides is 2. The van der Waals surface area contributed by atoms with Crippen molar-refractivity contribution in [2.24, 2.45) is 0 Å². The van der Waals surface area contributed by atoms with E-state index in [0.29, 0.717) is 21.5 Å². The quantitative estimate of drug-likeness (QED) is 0.278. The van der Waals surface area contributed by atoms with Crippen molar-refractivity contribution in [3.63, 3.8) is 0 Å². The molecule has 0 aliphatic heterocycles. The van der Waals surface area contributed by atoms with Crippen molar-refractivity contribution < 1.29 is 19.2 Å². The summed E-state index contributed by atoms with van der Waals surface area (Å²) < 4.78 is 5.67. The zero-order chi connectivity index (χ0) is 23.1. The van der Waals surface area contributed by atoms with Crippen molar-refractivity contribution in [1.82, 2.24) is 5.32 Å². The summed E-state index contributed by atoms with van der Waals surface area (Å²) in [5, 5.41) is 16.4. The van der Waals surface area contributed by atoms with E-state index in [1.54, 1.807) is 48.5 Å². The molecule has 0 aliphatic rings. The molecule has 0 fully saturated rings. The van der Waals surface area contributed by atoms with Crippen LogP contribution in [0.4, 0.5) is 11.4 Å². The minimum atomic E-state index is -0.588. The van der Waals surface area contributed by atoms with Crippen LogP contribution in [0.3, 0.4) is 0 Å². The van der Waals surface area contributed by atoms with Crippen molar-refractivity contribution in [2.75, 3.05) is 12.4 Å². The molecule has 0 aromatic heterocycles. The number of methoxy groups -OCH3 is 1. The van der Waals surface area contributed by atoms with E-state index in [1.807, 2.05) is 0 Å². The van der Waals surface area contributed by atoms with Crippen LogP contribution in [0.5, 0.6) is 5.75 Å². The second-order valence-corrected chi connectivity index (χ2v) is 7.38. The summed E-state index contributed by atoms with van der Waals surface area (Å²) in [7, 11) is 1.48. The number of nitro benzene ring substituents is 1. The summed E-state index contributed by atoms with van der Waals surface area (Å²) in [6, 6.07) is 19.3. The first-order chi connectivity index (χ1) is 15.4. The van der Waals surface area contributed by atoms with Crippen molar-refractivity contribution in [3.05, 3.63) is 104 Å². The molecular formula is C23H18BrN3O5. The van der Waals surface area contributed by atoms with Crippen LogP contribution in [0.15, 0.2) is 83.0 Å². The Morgan fingerprint density at radius 2 is 1.78 bits per heavy atom. The molecule has 0 bridgehead atoms. The molecule has 8 nitrogen and oxygen atoms in total. The second-order valence-electron chi connectivity index (χ2n) is 6.53. The number of nitrogens with zero attached hydrogens (tertiary/aromatic N) is 1. The summed E-state index contributed by atoms with van der Waals surface area (Å²) >= 11 is 3.32. The minimum Gasteiger partial charge on any atom is -0.497 e. The number of para-hydroxylation sites is 1. The molecule has 3 rings (SSSR count). The van der Waals surface area contributed by atoms with E-state index in [-0.39, 0.29) is 16.9 Å². The van der Waals surface area contributed by atoms with Crippen LogP contribution < -0.4 is 15.4 Å². The predicted molar refractivity (Wildman–Crippen MR) is 124 cm³/mol.